The highest BCUT2D eigenvalue weighted by Gasteiger charge is 2.48. The normalized spacial score (nSPS) is 32.9. The van der Waals surface area contributed by atoms with Gasteiger partial charge in [0.05, 0.1) is 19.3 Å². The van der Waals surface area contributed by atoms with Crippen LogP contribution in [0.15, 0.2) is 35.5 Å². The molecule has 126 valence electrons. The molecule has 2 N–H and O–H groups in total. The van der Waals surface area contributed by atoms with Gasteiger partial charge in [-0.3, -0.25) is 15.2 Å². The zero-order valence-corrected chi connectivity index (χ0v) is 16.1. The van der Waals surface area contributed by atoms with Crippen LogP contribution < -0.4 is 5.48 Å². The second kappa shape index (κ2) is 7.09. The van der Waals surface area contributed by atoms with Crippen LogP contribution in [-0.4, -0.2) is 42.4 Å². The number of nitrogens with zero attached hydrogens (tertiary/aromatic N) is 1. The van der Waals surface area contributed by atoms with Crippen molar-refractivity contribution in [1.29, 1.82) is 0 Å². The molecular formula is C18H25IN2O2. The molecule has 5 heteroatoms. The molecule has 2 bridgehead atoms. The lowest BCUT2D eigenvalue weighted by Crippen LogP contribution is -2.45. The third kappa shape index (κ3) is 3.16. The molecule has 2 aliphatic heterocycles. The molecule has 1 aromatic rings. The number of aliphatic hydroxyl groups excluding tert-OH is 1. The van der Waals surface area contributed by atoms with E-state index in [1.165, 1.54) is 14.7 Å². The monoisotopic (exact) mass is 428 g/mol. The zero-order valence-electron chi connectivity index (χ0n) is 13.9. The second-order valence-electron chi connectivity index (χ2n) is 6.50. The number of hydroxylamine groups is 1. The summed E-state index contributed by atoms with van der Waals surface area (Å²) in [4.78, 5) is 7.56. The topological polar surface area (TPSA) is 44.7 Å². The van der Waals surface area contributed by atoms with Gasteiger partial charge in [0.1, 0.15) is 0 Å². The maximum atomic E-state index is 10.6. The number of piperidine rings is 1. The summed E-state index contributed by atoms with van der Waals surface area (Å²) in [5, 5.41) is 10.6. The van der Waals surface area contributed by atoms with Gasteiger partial charge in [-0.25, -0.2) is 0 Å². The van der Waals surface area contributed by atoms with Gasteiger partial charge in [0.25, 0.3) is 0 Å². The molecule has 0 amide bonds. The average molecular weight is 428 g/mol. The van der Waals surface area contributed by atoms with Crippen LogP contribution in [0.3, 0.4) is 0 Å². The number of benzene rings is 1. The number of allylic oxidation sites excluding steroid dienone is 1. The Hall–Kier alpha value is -0.630. The first-order chi connectivity index (χ1) is 11.1. The number of halogens is 1. The van der Waals surface area contributed by atoms with E-state index >= 15 is 0 Å². The average Bonchev–Trinajstić information content (AvgIpc) is 2.72. The lowest BCUT2D eigenvalue weighted by atomic mass is 9.79. The van der Waals surface area contributed by atoms with Crippen molar-refractivity contribution in [2.45, 2.75) is 50.3 Å². The maximum Gasteiger partial charge on any atom is 0.0749 e. The minimum absolute atomic E-state index is 0.0793. The Morgan fingerprint density at radius 1 is 1.35 bits per heavy atom. The maximum absolute atomic E-state index is 10.6. The van der Waals surface area contributed by atoms with E-state index in [0.717, 1.165) is 25.0 Å². The summed E-state index contributed by atoms with van der Waals surface area (Å²) in [5.74, 6) is 0.341. The van der Waals surface area contributed by atoms with Gasteiger partial charge in [-0.05, 0) is 72.2 Å². The van der Waals surface area contributed by atoms with Gasteiger partial charge in [-0.15, -0.1) is 0 Å². The SMILES string of the molecule is CCC(NOC)=C1[C@@H]2C(O)CC(C[C@@H]1c1ccc(I)cc1)N2C. The standard InChI is InChI=1S/C18H25IN2O2/c1-4-15(20-23-3)17-14(11-5-7-12(19)8-6-11)9-13-10-16(22)18(17)21(13)2/h5-8,13-14,16,18,20,22H,4,9-10H2,1-3H3/t13?,14-,16?,18+/m1/s1. The summed E-state index contributed by atoms with van der Waals surface area (Å²) in [6.45, 7) is 2.13. The van der Waals surface area contributed by atoms with Crippen LogP contribution in [0.1, 0.15) is 37.7 Å². The molecule has 2 fully saturated rings. The van der Waals surface area contributed by atoms with Crippen molar-refractivity contribution < 1.29 is 9.94 Å². The molecular weight excluding hydrogens is 403 g/mol. The van der Waals surface area contributed by atoms with Crippen molar-refractivity contribution in [2.24, 2.45) is 0 Å². The minimum Gasteiger partial charge on any atom is -0.391 e. The Morgan fingerprint density at radius 2 is 2.04 bits per heavy atom. The molecule has 4 atom stereocenters. The van der Waals surface area contributed by atoms with E-state index in [4.69, 9.17) is 4.84 Å². The molecule has 0 aliphatic carbocycles. The van der Waals surface area contributed by atoms with Crippen molar-refractivity contribution in [3.63, 3.8) is 0 Å². The van der Waals surface area contributed by atoms with E-state index in [1.54, 1.807) is 7.11 Å². The van der Waals surface area contributed by atoms with Crippen molar-refractivity contribution in [3.05, 3.63) is 44.7 Å². The first-order valence-electron chi connectivity index (χ1n) is 8.24. The summed E-state index contributed by atoms with van der Waals surface area (Å²) >= 11 is 2.34. The van der Waals surface area contributed by atoms with Crippen LogP contribution in [0.2, 0.25) is 0 Å². The number of nitrogens with one attached hydrogen (secondary N) is 1. The first-order valence-corrected chi connectivity index (χ1v) is 9.32. The summed E-state index contributed by atoms with van der Waals surface area (Å²) in [5.41, 5.74) is 6.81. The smallest absolute Gasteiger partial charge is 0.0749 e. The van der Waals surface area contributed by atoms with Gasteiger partial charge in [0, 0.05) is 21.2 Å². The predicted molar refractivity (Wildman–Crippen MR) is 99.9 cm³/mol. The van der Waals surface area contributed by atoms with E-state index in [0.29, 0.717) is 12.0 Å². The molecule has 2 heterocycles. The van der Waals surface area contributed by atoms with E-state index in [-0.39, 0.29) is 12.1 Å². The lowest BCUT2D eigenvalue weighted by molar-refractivity contribution is 0.101. The summed E-state index contributed by atoms with van der Waals surface area (Å²) < 4.78 is 1.25. The number of hydrogen-bond donors (Lipinski definition) is 2. The number of fused-ring (bicyclic) bond motifs is 2. The molecule has 1 aromatic carbocycles. The van der Waals surface area contributed by atoms with Crippen molar-refractivity contribution in [1.82, 2.24) is 10.4 Å². The highest BCUT2D eigenvalue weighted by molar-refractivity contribution is 14.1. The highest BCUT2D eigenvalue weighted by atomic mass is 127. The highest BCUT2D eigenvalue weighted by Crippen LogP contribution is 2.47. The van der Waals surface area contributed by atoms with Gasteiger partial charge in [-0.1, -0.05) is 19.1 Å². The Morgan fingerprint density at radius 3 is 2.65 bits per heavy atom. The molecule has 0 saturated carbocycles. The molecule has 23 heavy (non-hydrogen) atoms. The van der Waals surface area contributed by atoms with Crippen LogP contribution in [0, 0.1) is 3.57 Å². The van der Waals surface area contributed by atoms with E-state index in [9.17, 15) is 5.11 Å². The van der Waals surface area contributed by atoms with Gasteiger partial charge < -0.3 is 5.11 Å². The molecule has 2 aliphatic rings. The fourth-order valence-corrected chi connectivity index (χ4v) is 4.58. The van der Waals surface area contributed by atoms with Gasteiger partial charge >= 0.3 is 0 Å². The Bertz CT molecular complexity index is 587. The molecule has 2 unspecified atom stereocenters. The number of hydrogen-bond acceptors (Lipinski definition) is 4. The summed E-state index contributed by atoms with van der Waals surface area (Å²) in [7, 11) is 3.78. The first kappa shape index (κ1) is 17.2. The molecule has 0 radical (unpaired) electrons. The van der Waals surface area contributed by atoms with Gasteiger partial charge in [0.15, 0.2) is 0 Å². The summed E-state index contributed by atoms with van der Waals surface area (Å²) in [6.07, 6.45) is 2.48. The van der Waals surface area contributed by atoms with Crippen molar-refractivity contribution in [3.8, 4) is 0 Å². The predicted octanol–water partition coefficient (Wildman–Crippen LogP) is 3.03. The van der Waals surface area contributed by atoms with Crippen LogP contribution in [0.25, 0.3) is 0 Å². The second-order valence-corrected chi connectivity index (χ2v) is 7.75. The van der Waals surface area contributed by atoms with Gasteiger partial charge in [-0.2, -0.15) is 0 Å². The fourth-order valence-electron chi connectivity index (χ4n) is 4.22. The van der Waals surface area contributed by atoms with E-state index < -0.39 is 0 Å². The molecule has 0 aromatic heterocycles. The molecule has 2 saturated heterocycles. The van der Waals surface area contributed by atoms with Crippen LogP contribution in [0.4, 0.5) is 0 Å². The van der Waals surface area contributed by atoms with E-state index in [2.05, 4.69) is 71.2 Å². The van der Waals surface area contributed by atoms with Crippen LogP contribution >= 0.6 is 22.6 Å². The van der Waals surface area contributed by atoms with Gasteiger partial charge in [0.2, 0.25) is 0 Å². The van der Waals surface area contributed by atoms with Crippen LogP contribution in [-0.2, 0) is 4.84 Å². The zero-order chi connectivity index (χ0) is 16.6. The van der Waals surface area contributed by atoms with Crippen LogP contribution in [0.5, 0.6) is 0 Å². The quantitative estimate of drug-likeness (QED) is 0.572. The molecule has 0 spiro atoms. The van der Waals surface area contributed by atoms with Crippen molar-refractivity contribution in [2.75, 3.05) is 14.2 Å². The Labute approximate surface area is 152 Å². The minimum atomic E-state index is -0.297. The molecule has 4 nitrogen and oxygen atoms in total. The van der Waals surface area contributed by atoms with Crippen molar-refractivity contribution >= 4 is 22.6 Å². The Balaban J connectivity index is 2.07. The largest absolute Gasteiger partial charge is 0.391 e. The lowest BCUT2D eigenvalue weighted by Gasteiger charge is -2.40. The molecule has 3 rings (SSSR count). The number of likely N-dealkylation sites (N-methyl/N-ethyl adjacent to an activating group) is 1. The Kier molecular flexibility index (Phi) is 5.30. The fraction of sp³-hybridized carbons (Fsp3) is 0.556. The summed E-state index contributed by atoms with van der Waals surface area (Å²) in [6, 6.07) is 9.31. The number of aliphatic hydroxyl groups is 1. The third-order valence-electron chi connectivity index (χ3n) is 5.29. The third-order valence-corrected chi connectivity index (χ3v) is 6.01. The van der Waals surface area contributed by atoms with E-state index in [1.807, 2.05) is 0 Å². The number of rotatable bonds is 4.